The Morgan fingerprint density at radius 2 is 1.63 bits per heavy atom. The first kappa shape index (κ1) is 13.9. The molecule has 19 heavy (non-hydrogen) atoms. The van der Waals surface area contributed by atoms with Crippen LogP contribution in [0.2, 0.25) is 0 Å². The number of para-hydroxylation sites is 1. The number of rotatable bonds is 2. The van der Waals surface area contributed by atoms with Gasteiger partial charge < -0.3 is 9.80 Å². The fourth-order valence-corrected chi connectivity index (χ4v) is 2.90. The van der Waals surface area contributed by atoms with Gasteiger partial charge in [0, 0.05) is 36.8 Å². The molecule has 0 spiro atoms. The van der Waals surface area contributed by atoms with Crippen LogP contribution in [0, 0.1) is 5.92 Å². The average molecular weight is 260 g/mol. The van der Waals surface area contributed by atoms with Crippen molar-refractivity contribution < 1.29 is 4.79 Å². The van der Waals surface area contributed by atoms with Gasteiger partial charge in [-0.1, -0.05) is 32.0 Å². The molecular weight excluding hydrogens is 236 g/mol. The summed E-state index contributed by atoms with van der Waals surface area (Å²) in [5, 5.41) is 0. The van der Waals surface area contributed by atoms with Crippen LogP contribution in [-0.2, 0) is 4.79 Å². The number of carbonyl (C=O) groups is 1. The van der Waals surface area contributed by atoms with Gasteiger partial charge in [-0.25, -0.2) is 0 Å². The Labute approximate surface area is 116 Å². The second-order valence-electron chi connectivity index (χ2n) is 5.84. The zero-order valence-corrected chi connectivity index (χ0v) is 12.3. The molecule has 1 aromatic rings. The van der Waals surface area contributed by atoms with E-state index in [-0.39, 0.29) is 23.9 Å². The SMILES string of the molecule is CC(C)C(=O)N1C(C)CN(c2ccccc2)CC1C. The summed E-state index contributed by atoms with van der Waals surface area (Å²) in [6, 6.07) is 11.0. The Balaban J connectivity index is 2.12. The van der Waals surface area contributed by atoms with Gasteiger partial charge in [0.1, 0.15) is 0 Å². The van der Waals surface area contributed by atoms with Crippen LogP contribution in [0.1, 0.15) is 27.7 Å². The van der Waals surface area contributed by atoms with Gasteiger partial charge in [-0.2, -0.15) is 0 Å². The van der Waals surface area contributed by atoms with E-state index in [0.717, 1.165) is 13.1 Å². The van der Waals surface area contributed by atoms with Crippen LogP contribution >= 0.6 is 0 Å². The molecule has 0 saturated carbocycles. The third-order valence-electron chi connectivity index (χ3n) is 3.79. The van der Waals surface area contributed by atoms with Crippen LogP contribution in [0.4, 0.5) is 5.69 Å². The maximum absolute atomic E-state index is 12.3. The Morgan fingerprint density at radius 3 is 2.11 bits per heavy atom. The summed E-state index contributed by atoms with van der Waals surface area (Å²) in [6.45, 7) is 10.1. The highest BCUT2D eigenvalue weighted by Crippen LogP contribution is 2.23. The standard InChI is InChI=1S/C16H24N2O/c1-12(2)16(19)18-13(3)10-17(11-14(18)4)15-8-6-5-7-9-15/h5-9,12-14H,10-11H2,1-4H3. The lowest BCUT2D eigenvalue weighted by Gasteiger charge is -2.46. The van der Waals surface area contributed by atoms with Gasteiger partial charge in [0.15, 0.2) is 0 Å². The van der Waals surface area contributed by atoms with Gasteiger partial charge in [0.05, 0.1) is 0 Å². The third-order valence-corrected chi connectivity index (χ3v) is 3.79. The third kappa shape index (κ3) is 2.91. The highest BCUT2D eigenvalue weighted by atomic mass is 16.2. The van der Waals surface area contributed by atoms with Crippen LogP contribution in [0.15, 0.2) is 30.3 Å². The van der Waals surface area contributed by atoms with E-state index >= 15 is 0 Å². The number of nitrogens with zero attached hydrogens (tertiary/aromatic N) is 2. The second kappa shape index (κ2) is 5.64. The van der Waals surface area contributed by atoms with Gasteiger partial charge >= 0.3 is 0 Å². The van der Waals surface area contributed by atoms with Crippen molar-refractivity contribution in [1.29, 1.82) is 0 Å². The fraction of sp³-hybridized carbons (Fsp3) is 0.562. The average Bonchev–Trinajstić information content (AvgIpc) is 2.38. The molecule has 2 atom stereocenters. The number of benzene rings is 1. The van der Waals surface area contributed by atoms with E-state index in [0.29, 0.717) is 0 Å². The highest BCUT2D eigenvalue weighted by Gasteiger charge is 2.33. The largest absolute Gasteiger partial charge is 0.367 e. The molecule has 1 amide bonds. The molecule has 3 nitrogen and oxygen atoms in total. The van der Waals surface area contributed by atoms with Gasteiger partial charge in [0.25, 0.3) is 0 Å². The minimum Gasteiger partial charge on any atom is -0.367 e. The predicted molar refractivity (Wildman–Crippen MR) is 79.3 cm³/mol. The Bertz CT molecular complexity index is 418. The Hall–Kier alpha value is -1.51. The smallest absolute Gasteiger partial charge is 0.225 e. The van der Waals surface area contributed by atoms with Crippen molar-refractivity contribution >= 4 is 11.6 Å². The van der Waals surface area contributed by atoms with E-state index in [9.17, 15) is 4.79 Å². The number of piperazine rings is 1. The molecule has 0 aliphatic carbocycles. The monoisotopic (exact) mass is 260 g/mol. The zero-order valence-electron chi connectivity index (χ0n) is 12.3. The minimum absolute atomic E-state index is 0.0770. The van der Waals surface area contributed by atoms with Crippen LogP contribution in [0.3, 0.4) is 0 Å². The molecular formula is C16H24N2O. The number of hydrogen-bond donors (Lipinski definition) is 0. The van der Waals surface area contributed by atoms with Crippen molar-refractivity contribution in [1.82, 2.24) is 4.90 Å². The Morgan fingerprint density at radius 1 is 1.11 bits per heavy atom. The van der Waals surface area contributed by atoms with Gasteiger partial charge in [0.2, 0.25) is 5.91 Å². The normalized spacial score (nSPS) is 23.8. The number of carbonyl (C=O) groups excluding carboxylic acids is 1. The maximum atomic E-state index is 12.3. The topological polar surface area (TPSA) is 23.6 Å². The molecule has 1 aromatic carbocycles. The quantitative estimate of drug-likeness (QED) is 0.816. The summed E-state index contributed by atoms with van der Waals surface area (Å²) in [4.78, 5) is 16.7. The molecule has 3 heteroatoms. The van der Waals surface area contributed by atoms with Gasteiger partial charge in [-0.3, -0.25) is 4.79 Å². The highest BCUT2D eigenvalue weighted by molar-refractivity contribution is 5.79. The van der Waals surface area contributed by atoms with Crippen molar-refractivity contribution in [2.24, 2.45) is 5.92 Å². The summed E-state index contributed by atoms with van der Waals surface area (Å²) in [6.07, 6.45) is 0. The van der Waals surface area contributed by atoms with E-state index in [1.54, 1.807) is 0 Å². The van der Waals surface area contributed by atoms with Gasteiger partial charge in [-0.15, -0.1) is 0 Å². The van der Waals surface area contributed by atoms with Crippen LogP contribution in [-0.4, -0.2) is 36.0 Å². The summed E-state index contributed by atoms with van der Waals surface area (Å²) in [7, 11) is 0. The molecule has 0 bridgehead atoms. The molecule has 104 valence electrons. The number of hydrogen-bond acceptors (Lipinski definition) is 2. The first-order valence-electron chi connectivity index (χ1n) is 7.13. The van der Waals surface area contributed by atoms with E-state index in [4.69, 9.17) is 0 Å². The number of amides is 1. The fourth-order valence-electron chi connectivity index (χ4n) is 2.90. The van der Waals surface area contributed by atoms with E-state index in [1.165, 1.54) is 5.69 Å². The molecule has 1 aliphatic heterocycles. The second-order valence-corrected chi connectivity index (χ2v) is 5.84. The lowest BCUT2D eigenvalue weighted by molar-refractivity contribution is -0.139. The molecule has 1 saturated heterocycles. The summed E-state index contributed by atoms with van der Waals surface area (Å²) >= 11 is 0. The predicted octanol–water partition coefficient (Wildman–Crippen LogP) is 2.77. The van der Waals surface area contributed by atoms with Crippen molar-refractivity contribution in [3.05, 3.63) is 30.3 Å². The lowest BCUT2D eigenvalue weighted by Crippen LogP contribution is -2.59. The summed E-state index contributed by atoms with van der Waals surface area (Å²) < 4.78 is 0. The summed E-state index contributed by atoms with van der Waals surface area (Å²) in [5.74, 6) is 0.348. The van der Waals surface area contributed by atoms with E-state index in [1.807, 2.05) is 19.9 Å². The Kier molecular flexibility index (Phi) is 4.13. The molecule has 0 radical (unpaired) electrons. The molecule has 0 aromatic heterocycles. The van der Waals surface area contributed by atoms with Crippen LogP contribution < -0.4 is 4.90 Å². The molecule has 1 heterocycles. The van der Waals surface area contributed by atoms with Crippen molar-refractivity contribution in [2.45, 2.75) is 39.8 Å². The van der Waals surface area contributed by atoms with Crippen molar-refractivity contribution in [3.63, 3.8) is 0 Å². The molecule has 1 aliphatic rings. The lowest BCUT2D eigenvalue weighted by atomic mass is 10.0. The minimum atomic E-state index is 0.0770. The van der Waals surface area contributed by atoms with Crippen molar-refractivity contribution in [2.75, 3.05) is 18.0 Å². The molecule has 1 fully saturated rings. The first-order chi connectivity index (χ1) is 9.00. The summed E-state index contributed by atoms with van der Waals surface area (Å²) in [5.41, 5.74) is 1.25. The van der Waals surface area contributed by atoms with E-state index in [2.05, 4.69) is 47.9 Å². The molecule has 0 N–H and O–H groups in total. The van der Waals surface area contributed by atoms with Crippen LogP contribution in [0.25, 0.3) is 0 Å². The molecule has 2 rings (SSSR count). The van der Waals surface area contributed by atoms with Gasteiger partial charge in [-0.05, 0) is 26.0 Å². The first-order valence-corrected chi connectivity index (χ1v) is 7.13. The molecule has 2 unspecified atom stereocenters. The zero-order chi connectivity index (χ0) is 14.0. The van der Waals surface area contributed by atoms with Crippen molar-refractivity contribution in [3.8, 4) is 0 Å². The number of anilines is 1. The van der Waals surface area contributed by atoms with E-state index < -0.39 is 0 Å². The maximum Gasteiger partial charge on any atom is 0.225 e. The van der Waals surface area contributed by atoms with Crippen LogP contribution in [0.5, 0.6) is 0 Å².